The molecule has 1 saturated carbocycles. The molecular formula is C14H16ClFO2. The normalized spacial score (nSPS) is 22.6. The van der Waals surface area contributed by atoms with Crippen LogP contribution in [0, 0.1) is 11.7 Å². The van der Waals surface area contributed by atoms with E-state index in [-0.39, 0.29) is 17.5 Å². The van der Waals surface area contributed by atoms with Crippen molar-refractivity contribution in [1.82, 2.24) is 0 Å². The van der Waals surface area contributed by atoms with Crippen molar-refractivity contribution in [3.8, 4) is 0 Å². The molecule has 1 aliphatic rings. The van der Waals surface area contributed by atoms with Gasteiger partial charge in [-0.3, -0.25) is 4.79 Å². The van der Waals surface area contributed by atoms with E-state index in [0.717, 1.165) is 12.8 Å². The van der Waals surface area contributed by atoms with Gasteiger partial charge in [0, 0.05) is 18.1 Å². The number of carbonyl (C=O) groups excluding carboxylic acids is 1. The zero-order valence-corrected chi connectivity index (χ0v) is 11.0. The van der Waals surface area contributed by atoms with Gasteiger partial charge in [0.25, 0.3) is 0 Å². The number of ketones is 1. The monoisotopic (exact) mass is 270 g/mol. The second-order valence-corrected chi connectivity index (χ2v) is 5.10. The van der Waals surface area contributed by atoms with Gasteiger partial charge in [-0.15, -0.1) is 0 Å². The summed E-state index contributed by atoms with van der Waals surface area (Å²) in [6.45, 7) is 2.67. The summed E-state index contributed by atoms with van der Waals surface area (Å²) in [4.78, 5) is 11.9. The third-order valence-electron chi connectivity index (χ3n) is 3.30. The molecule has 98 valence electrons. The molecule has 0 heterocycles. The highest BCUT2D eigenvalue weighted by molar-refractivity contribution is 6.30. The highest BCUT2D eigenvalue weighted by Gasteiger charge is 2.31. The summed E-state index contributed by atoms with van der Waals surface area (Å²) in [7, 11) is 0. The summed E-state index contributed by atoms with van der Waals surface area (Å²) >= 11 is 5.65. The van der Waals surface area contributed by atoms with Crippen LogP contribution in [-0.4, -0.2) is 18.5 Å². The quantitative estimate of drug-likeness (QED) is 0.759. The van der Waals surface area contributed by atoms with Crippen molar-refractivity contribution in [2.24, 2.45) is 5.92 Å². The van der Waals surface area contributed by atoms with E-state index in [1.165, 1.54) is 12.1 Å². The molecule has 0 amide bonds. The van der Waals surface area contributed by atoms with Crippen molar-refractivity contribution in [2.75, 3.05) is 6.61 Å². The Labute approximate surface area is 111 Å². The predicted octanol–water partition coefficient (Wildman–Crippen LogP) is 3.87. The lowest BCUT2D eigenvalue weighted by atomic mass is 9.78. The summed E-state index contributed by atoms with van der Waals surface area (Å²) < 4.78 is 19.0. The Morgan fingerprint density at radius 3 is 2.83 bits per heavy atom. The molecule has 0 N–H and O–H groups in total. The van der Waals surface area contributed by atoms with E-state index in [4.69, 9.17) is 16.3 Å². The number of ether oxygens (including phenoxy) is 1. The van der Waals surface area contributed by atoms with Crippen LogP contribution in [0.5, 0.6) is 0 Å². The van der Waals surface area contributed by atoms with Crippen LogP contribution in [0.4, 0.5) is 4.39 Å². The van der Waals surface area contributed by atoms with Crippen molar-refractivity contribution in [3.05, 3.63) is 34.6 Å². The van der Waals surface area contributed by atoms with Gasteiger partial charge >= 0.3 is 0 Å². The SMILES string of the molecule is CCOC1CC(CC(=O)c2ccc(Cl)cc2F)C1. The molecule has 1 aromatic rings. The standard InChI is InChI=1S/C14H16ClFO2/c1-2-18-11-5-9(6-11)7-14(17)12-4-3-10(15)8-13(12)16/h3-4,8-9,11H,2,5-7H2,1H3. The van der Waals surface area contributed by atoms with Gasteiger partial charge in [-0.2, -0.15) is 0 Å². The maximum Gasteiger partial charge on any atom is 0.166 e. The van der Waals surface area contributed by atoms with Gasteiger partial charge < -0.3 is 4.74 Å². The molecule has 1 aliphatic carbocycles. The molecule has 1 aromatic carbocycles. The Hall–Kier alpha value is -0.930. The van der Waals surface area contributed by atoms with Crippen LogP contribution in [0.1, 0.15) is 36.5 Å². The Morgan fingerprint density at radius 2 is 2.22 bits per heavy atom. The number of carbonyl (C=O) groups is 1. The first-order chi connectivity index (χ1) is 8.60. The van der Waals surface area contributed by atoms with Crippen LogP contribution >= 0.6 is 11.6 Å². The minimum absolute atomic E-state index is 0.138. The van der Waals surface area contributed by atoms with Gasteiger partial charge in [0.15, 0.2) is 5.78 Å². The lowest BCUT2D eigenvalue weighted by molar-refractivity contribution is -0.0246. The molecule has 0 aliphatic heterocycles. The van der Waals surface area contributed by atoms with Crippen molar-refractivity contribution in [3.63, 3.8) is 0 Å². The van der Waals surface area contributed by atoms with E-state index < -0.39 is 5.82 Å². The number of rotatable bonds is 5. The Balaban J connectivity index is 1.89. The van der Waals surface area contributed by atoms with Crippen LogP contribution in [0.2, 0.25) is 5.02 Å². The average Bonchev–Trinajstić information content (AvgIpc) is 2.26. The number of halogens is 2. The van der Waals surface area contributed by atoms with Gasteiger partial charge in [0.2, 0.25) is 0 Å². The van der Waals surface area contributed by atoms with Gasteiger partial charge in [0.1, 0.15) is 5.82 Å². The zero-order chi connectivity index (χ0) is 13.1. The Kier molecular flexibility index (Phi) is 4.36. The summed E-state index contributed by atoms with van der Waals surface area (Å²) in [5, 5.41) is 0.309. The molecule has 2 nitrogen and oxygen atoms in total. The summed E-state index contributed by atoms with van der Waals surface area (Å²) in [5.74, 6) is -0.360. The molecule has 1 fully saturated rings. The summed E-state index contributed by atoms with van der Waals surface area (Å²) in [6, 6.07) is 4.18. The van der Waals surface area contributed by atoms with Gasteiger partial charge in [-0.25, -0.2) is 4.39 Å². The Bertz CT molecular complexity index is 441. The van der Waals surface area contributed by atoms with E-state index >= 15 is 0 Å². The van der Waals surface area contributed by atoms with Crippen LogP contribution in [-0.2, 0) is 4.74 Å². The lowest BCUT2D eigenvalue weighted by Gasteiger charge is -2.34. The van der Waals surface area contributed by atoms with E-state index in [1.807, 2.05) is 6.92 Å². The molecular weight excluding hydrogens is 255 g/mol. The van der Waals surface area contributed by atoms with Crippen molar-refractivity contribution >= 4 is 17.4 Å². The third kappa shape index (κ3) is 3.09. The maximum absolute atomic E-state index is 13.5. The number of hydrogen-bond acceptors (Lipinski definition) is 2. The highest BCUT2D eigenvalue weighted by atomic mass is 35.5. The second kappa shape index (κ2) is 5.81. The molecule has 2 rings (SSSR count). The molecule has 0 aromatic heterocycles. The smallest absolute Gasteiger partial charge is 0.166 e. The van der Waals surface area contributed by atoms with Crippen LogP contribution in [0.15, 0.2) is 18.2 Å². The second-order valence-electron chi connectivity index (χ2n) is 4.67. The minimum atomic E-state index is -0.534. The van der Waals surface area contributed by atoms with Crippen LogP contribution in [0.3, 0.4) is 0 Å². The van der Waals surface area contributed by atoms with Crippen molar-refractivity contribution < 1.29 is 13.9 Å². The van der Waals surface area contributed by atoms with Gasteiger partial charge in [0.05, 0.1) is 11.7 Å². The first kappa shape index (κ1) is 13.5. The molecule has 0 radical (unpaired) electrons. The highest BCUT2D eigenvalue weighted by Crippen LogP contribution is 2.33. The number of Topliss-reactive ketones (excluding diaryl/α,β-unsaturated/α-hetero) is 1. The molecule has 0 bridgehead atoms. The van der Waals surface area contributed by atoms with E-state index in [9.17, 15) is 9.18 Å². The van der Waals surface area contributed by atoms with Gasteiger partial charge in [-0.05, 0) is 43.9 Å². The van der Waals surface area contributed by atoms with Crippen molar-refractivity contribution in [1.29, 1.82) is 0 Å². The summed E-state index contributed by atoms with van der Waals surface area (Å²) in [5.41, 5.74) is 0.138. The van der Waals surface area contributed by atoms with Crippen molar-refractivity contribution in [2.45, 2.75) is 32.3 Å². The average molecular weight is 271 g/mol. The van der Waals surface area contributed by atoms with E-state index in [1.54, 1.807) is 6.07 Å². The molecule has 0 spiro atoms. The first-order valence-electron chi connectivity index (χ1n) is 6.20. The molecule has 18 heavy (non-hydrogen) atoms. The number of benzene rings is 1. The first-order valence-corrected chi connectivity index (χ1v) is 6.57. The molecule has 0 unspecified atom stereocenters. The topological polar surface area (TPSA) is 26.3 Å². The third-order valence-corrected chi connectivity index (χ3v) is 3.54. The van der Waals surface area contributed by atoms with Crippen LogP contribution in [0.25, 0.3) is 0 Å². The fourth-order valence-electron chi connectivity index (χ4n) is 2.30. The molecule has 0 atom stereocenters. The zero-order valence-electron chi connectivity index (χ0n) is 10.3. The fraction of sp³-hybridized carbons (Fsp3) is 0.500. The van der Waals surface area contributed by atoms with E-state index in [2.05, 4.69) is 0 Å². The fourth-order valence-corrected chi connectivity index (χ4v) is 2.46. The largest absolute Gasteiger partial charge is 0.378 e. The van der Waals surface area contributed by atoms with Crippen LogP contribution < -0.4 is 0 Å². The molecule has 4 heteroatoms. The maximum atomic E-state index is 13.5. The lowest BCUT2D eigenvalue weighted by Crippen LogP contribution is -2.32. The van der Waals surface area contributed by atoms with Gasteiger partial charge in [-0.1, -0.05) is 11.6 Å². The number of hydrogen-bond donors (Lipinski definition) is 0. The minimum Gasteiger partial charge on any atom is -0.378 e. The van der Waals surface area contributed by atoms with E-state index in [0.29, 0.717) is 24.0 Å². The molecule has 0 saturated heterocycles. The Morgan fingerprint density at radius 1 is 1.50 bits per heavy atom. The predicted molar refractivity (Wildman–Crippen MR) is 68.5 cm³/mol. The summed E-state index contributed by atoms with van der Waals surface area (Å²) in [6.07, 6.45) is 2.47.